The molecule has 0 saturated heterocycles. The minimum Gasteiger partial charge on any atom is -0.488 e. The number of fused-ring (bicyclic) bond motifs is 3. The van der Waals surface area contributed by atoms with E-state index in [9.17, 15) is 15.0 Å². The Labute approximate surface area is 194 Å². The number of aliphatic carboxylic acids is 1. The molecular formula is C26H33NO6. The molecule has 0 unspecified atom stereocenters. The topological polar surface area (TPSA) is 97.3 Å². The van der Waals surface area contributed by atoms with Crippen molar-refractivity contribution in [1.82, 2.24) is 5.32 Å². The maximum atomic E-state index is 11.3. The molecule has 7 heteroatoms. The first-order valence-corrected chi connectivity index (χ1v) is 11.5. The second-order valence-corrected chi connectivity index (χ2v) is 9.61. The first-order chi connectivity index (χ1) is 15.8. The Bertz CT molecular complexity index is 963. The van der Waals surface area contributed by atoms with Crippen LogP contribution in [-0.4, -0.2) is 53.7 Å². The van der Waals surface area contributed by atoms with Gasteiger partial charge in [0, 0.05) is 29.1 Å². The molecule has 0 amide bonds. The number of aliphatic hydroxyl groups is 1. The predicted octanol–water partition coefficient (Wildman–Crippen LogP) is 3.27. The van der Waals surface area contributed by atoms with Crippen molar-refractivity contribution in [3.05, 3.63) is 65.2 Å². The Hall–Kier alpha value is -2.45. The molecule has 178 valence electrons. The Kier molecular flexibility index (Phi) is 7.05. The number of carboxylic acids is 1. The number of rotatable bonds is 12. The van der Waals surface area contributed by atoms with E-state index in [2.05, 4.69) is 5.32 Å². The highest BCUT2D eigenvalue weighted by Gasteiger charge is 2.63. The average molecular weight is 456 g/mol. The number of carbonyl (C=O) groups is 1. The van der Waals surface area contributed by atoms with Crippen molar-refractivity contribution in [2.75, 3.05) is 19.8 Å². The largest absolute Gasteiger partial charge is 0.488 e. The van der Waals surface area contributed by atoms with Crippen LogP contribution in [0.4, 0.5) is 0 Å². The van der Waals surface area contributed by atoms with Crippen molar-refractivity contribution < 1.29 is 29.2 Å². The zero-order valence-corrected chi connectivity index (χ0v) is 19.4. The molecule has 3 N–H and O–H groups in total. The lowest BCUT2D eigenvalue weighted by atomic mass is 10.0. The van der Waals surface area contributed by atoms with Crippen molar-refractivity contribution in [3.63, 3.8) is 0 Å². The van der Waals surface area contributed by atoms with Gasteiger partial charge < -0.3 is 29.7 Å². The number of hydrogen-bond donors (Lipinski definition) is 3. The van der Waals surface area contributed by atoms with Crippen LogP contribution in [0.3, 0.4) is 0 Å². The van der Waals surface area contributed by atoms with E-state index in [1.807, 2.05) is 69.3 Å². The number of β-amino-alcohol motifs (C(OH)–C–C–N with tert-alkyl or cyclic N) is 1. The first-order valence-electron chi connectivity index (χ1n) is 11.5. The summed E-state index contributed by atoms with van der Waals surface area (Å²) < 4.78 is 17.7. The van der Waals surface area contributed by atoms with E-state index in [1.165, 1.54) is 0 Å². The molecule has 2 aromatic carbocycles. The quantitative estimate of drug-likeness (QED) is 0.452. The van der Waals surface area contributed by atoms with Crippen LogP contribution < -0.4 is 10.1 Å². The fourth-order valence-electron chi connectivity index (χ4n) is 4.37. The van der Waals surface area contributed by atoms with E-state index >= 15 is 0 Å². The minimum atomic E-state index is -0.811. The monoisotopic (exact) mass is 455 g/mol. The van der Waals surface area contributed by atoms with Crippen LogP contribution in [0.25, 0.3) is 0 Å². The molecule has 0 bridgehead atoms. The SMILES string of the molecule is C[C@@H](OC[C@H](O)CNC(C)(C)COCc1ccccc1)c1cccc2c1O[C@H]1[C@H](C(=O)O)[C@@H]21. The highest BCUT2D eigenvalue weighted by Crippen LogP contribution is 2.59. The summed E-state index contributed by atoms with van der Waals surface area (Å²) in [6.07, 6.45) is -1.23. The molecule has 2 aromatic rings. The summed E-state index contributed by atoms with van der Waals surface area (Å²) in [7, 11) is 0. The van der Waals surface area contributed by atoms with Crippen molar-refractivity contribution in [2.45, 2.75) is 57.1 Å². The van der Waals surface area contributed by atoms with E-state index in [0.717, 1.165) is 22.4 Å². The van der Waals surface area contributed by atoms with Crippen LogP contribution in [0, 0.1) is 5.92 Å². The van der Waals surface area contributed by atoms with Crippen LogP contribution in [0.5, 0.6) is 5.75 Å². The van der Waals surface area contributed by atoms with Gasteiger partial charge in [-0.05, 0) is 26.3 Å². The lowest BCUT2D eigenvalue weighted by molar-refractivity contribution is -0.139. The van der Waals surface area contributed by atoms with E-state index in [-0.39, 0.29) is 30.3 Å². The lowest BCUT2D eigenvalue weighted by Crippen LogP contribution is -2.47. The highest BCUT2D eigenvalue weighted by molar-refractivity contribution is 5.79. The smallest absolute Gasteiger partial charge is 0.311 e. The maximum absolute atomic E-state index is 11.3. The molecule has 4 rings (SSSR count). The molecule has 0 radical (unpaired) electrons. The molecule has 0 aromatic heterocycles. The Balaban J connectivity index is 1.21. The van der Waals surface area contributed by atoms with Gasteiger partial charge in [0.2, 0.25) is 0 Å². The number of carboxylic acid groups (broad SMARTS) is 1. The molecule has 7 nitrogen and oxygen atoms in total. The molecule has 1 heterocycles. The number of hydrogen-bond acceptors (Lipinski definition) is 6. The summed E-state index contributed by atoms with van der Waals surface area (Å²) in [6.45, 7) is 7.60. The van der Waals surface area contributed by atoms with Gasteiger partial charge in [-0.3, -0.25) is 4.79 Å². The maximum Gasteiger partial charge on any atom is 0.311 e. The summed E-state index contributed by atoms with van der Waals surface area (Å²) in [4.78, 5) is 11.3. The van der Waals surface area contributed by atoms with Gasteiger partial charge >= 0.3 is 5.97 Å². The normalized spacial score (nSPS) is 22.7. The number of ether oxygens (including phenoxy) is 3. The molecule has 1 fully saturated rings. The fraction of sp³-hybridized carbons (Fsp3) is 0.500. The van der Waals surface area contributed by atoms with Crippen molar-refractivity contribution in [1.29, 1.82) is 0 Å². The number of benzene rings is 2. The third kappa shape index (κ3) is 5.55. The van der Waals surface area contributed by atoms with E-state index in [4.69, 9.17) is 14.2 Å². The number of nitrogens with one attached hydrogen (secondary N) is 1. The van der Waals surface area contributed by atoms with Gasteiger partial charge in [0.25, 0.3) is 0 Å². The summed E-state index contributed by atoms with van der Waals surface area (Å²) in [5, 5.41) is 23.0. The Morgan fingerprint density at radius 1 is 1.18 bits per heavy atom. The van der Waals surface area contributed by atoms with Gasteiger partial charge in [0.15, 0.2) is 0 Å². The number of aliphatic hydroxyl groups excluding tert-OH is 1. The molecule has 1 aliphatic heterocycles. The predicted molar refractivity (Wildman–Crippen MR) is 123 cm³/mol. The number of para-hydroxylation sites is 1. The Morgan fingerprint density at radius 3 is 2.67 bits per heavy atom. The molecule has 0 spiro atoms. The standard InChI is InChI=1S/C26H33NO6/c1-16(19-10-7-11-20-21-22(25(29)30)24(21)33-23(19)20)32-14-18(28)12-27-26(2,3)15-31-13-17-8-5-4-6-9-17/h4-11,16,18,21-22,24,27-28H,12-15H2,1-3H3,(H,29,30)/t16-,18-,21-,22-,24-/m1/s1. The summed E-state index contributed by atoms with van der Waals surface area (Å²) in [5.41, 5.74) is 2.67. The van der Waals surface area contributed by atoms with Gasteiger partial charge in [-0.15, -0.1) is 0 Å². The fourth-order valence-corrected chi connectivity index (χ4v) is 4.37. The van der Waals surface area contributed by atoms with Crippen LogP contribution in [0.2, 0.25) is 0 Å². The summed E-state index contributed by atoms with van der Waals surface area (Å²) >= 11 is 0. The van der Waals surface area contributed by atoms with Crippen LogP contribution in [0.1, 0.15) is 49.5 Å². The third-order valence-corrected chi connectivity index (χ3v) is 6.30. The van der Waals surface area contributed by atoms with Crippen LogP contribution in [-0.2, 0) is 20.9 Å². The Morgan fingerprint density at radius 2 is 1.94 bits per heavy atom. The van der Waals surface area contributed by atoms with Gasteiger partial charge in [0.1, 0.15) is 17.8 Å². The lowest BCUT2D eigenvalue weighted by Gasteiger charge is -2.28. The van der Waals surface area contributed by atoms with Crippen molar-refractivity contribution in [2.24, 2.45) is 5.92 Å². The first kappa shape index (κ1) is 23.7. The minimum absolute atomic E-state index is 0.0641. The zero-order valence-electron chi connectivity index (χ0n) is 19.4. The van der Waals surface area contributed by atoms with Gasteiger partial charge in [-0.2, -0.15) is 0 Å². The average Bonchev–Trinajstić information content (AvgIpc) is 3.39. The molecular weight excluding hydrogens is 422 g/mol. The summed E-state index contributed by atoms with van der Waals surface area (Å²) in [5.74, 6) is -0.584. The van der Waals surface area contributed by atoms with Gasteiger partial charge in [-0.1, -0.05) is 48.5 Å². The summed E-state index contributed by atoms with van der Waals surface area (Å²) in [6, 6.07) is 15.8. The second kappa shape index (κ2) is 9.81. The second-order valence-electron chi connectivity index (χ2n) is 9.61. The highest BCUT2D eigenvalue weighted by atomic mass is 16.5. The van der Waals surface area contributed by atoms with Crippen molar-refractivity contribution >= 4 is 5.97 Å². The van der Waals surface area contributed by atoms with Gasteiger partial charge in [0.05, 0.1) is 32.0 Å². The molecule has 33 heavy (non-hydrogen) atoms. The molecule has 1 saturated carbocycles. The third-order valence-electron chi connectivity index (χ3n) is 6.30. The van der Waals surface area contributed by atoms with Crippen LogP contribution in [0.15, 0.2) is 48.5 Å². The zero-order chi connectivity index (χ0) is 23.6. The van der Waals surface area contributed by atoms with Gasteiger partial charge in [-0.25, -0.2) is 0 Å². The molecule has 1 aliphatic carbocycles. The van der Waals surface area contributed by atoms with Crippen LogP contribution >= 0.6 is 0 Å². The van der Waals surface area contributed by atoms with E-state index in [0.29, 0.717) is 19.8 Å². The van der Waals surface area contributed by atoms with E-state index < -0.39 is 18.0 Å². The molecule has 5 atom stereocenters. The van der Waals surface area contributed by atoms with E-state index in [1.54, 1.807) is 0 Å². The van der Waals surface area contributed by atoms with Crippen molar-refractivity contribution in [3.8, 4) is 5.75 Å². The molecule has 2 aliphatic rings.